The first-order valence-electron chi connectivity index (χ1n) is 6.69. The molecule has 0 aliphatic heterocycles. The number of nitrogens with zero attached hydrogens (tertiary/aromatic N) is 3. The van der Waals surface area contributed by atoms with Gasteiger partial charge in [0, 0.05) is 19.2 Å². The van der Waals surface area contributed by atoms with E-state index in [4.69, 9.17) is 5.73 Å². The lowest BCUT2D eigenvalue weighted by molar-refractivity contribution is 0.0883. The minimum Gasteiger partial charge on any atom is -0.345 e. The Balaban J connectivity index is 0.00000220. The monoisotopic (exact) mass is 311 g/mol. The second-order valence-electron chi connectivity index (χ2n) is 5.65. The van der Waals surface area contributed by atoms with E-state index in [9.17, 15) is 4.79 Å². The number of hydrogen-bond donors (Lipinski definition) is 2. The van der Waals surface area contributed by atoms with Crippen LogP contribution in [0.15, 0.2) is 18.2 Å². The number of amides is 1. The Morgan fingerprint density at radius 1 is 1.48 bits per heavy atom. The first-order valence-corrected chi connectivity index (χ1v) is 6.69. The molecule has 1 atom stereocenters. The molecule has 1 amide bonds. The summed E-state index contributed by atoms with van der Waals surface area (Å²) in [7, 11) is 1.82. The molecule has 2 rings (SSSR count). The Labute approximate surface area is 130 Å². The van der Waals surface area contributed by atoms with Gasteiger partial charge in [-0.1, -0.05) is 19.1 Å². The van der Waals surface area contributed by atoms with Crippen molar-refractivity contribution in [3.63, 3.8) is 0 Å². The Hall–Kier alpha value is -1.66. The van der Waals surface area contributed by atoms with E-state index in [1.807, 2.05) is 33.9 Å². The molecule has 1 heterocycles. The van der Waals surface area contributed by atoms with Gasteiger partial charge in [-0.3, -0.25) is 4.79 Å². The first-order chi connectivity index (χ1) is 9.37. The van der Waals surface area contributed by atoms with E-state index in [1.165, 1.54) is 0 Å². The van der Waals surface area contributed by atoms with Crippen LogP contribution in [0.4, 0.5) is 0 Å². The van der Waals surface area contributed by atoms with E-state index in [0.29, 0.717) is 17.6 Å². The van der Waals surface area contributed by atoms with E-state index in [2.05, 4.69) is 15.6 Å². The maximum absolute atomic E-state index is 12.4. The van der Waals surface area contributed by atoms with Gasteiger partial charge in [0.1, 0.15) is 5.52 Å². The normalized spacial score (nSPS) is 13.8. The van der Waals surface area contributed by atoms with Crippen molar-refractivity contribution in [1.82, 2.24) is 20.3 Å². The van der Waals surface area contributed by atoms with Crippen LogP contribution >= 0.6 is 12.4 Å². The minimum atomic E-state index is -0.422. The molecule has 0 saturated carbocycles. The average Bonchev–Trinajstić information content (AvgIpc) is 2.79. The van der Waals surface area contributed by atoms with Crippen LogP contribution in [-0.2, 0) is 7.05 Å². The maximum Gasteiger partial charge on any atom is 0.251 e. The molecule has 3 N–H and O–H groups in total. The molecule has 0 bridgehead atoms. The van der Waals surface area contributed by atoms with Crippen LogP contribution in [-0.4, -0.2) is 33.0 Å². The smallest absolute Gasteiger partial charge is 0.251 e. The third-order valence-electron chi connectivity index (χ3n) is 3.97. The molecule has 2 aromatic rings. The number of halogens is 1. The fraction of sp³-hybridized carbons (Fsp3) is 0.500. The van der Waals surface area contributed by atoms with Gasteiger partial charge in [-0.2, -0.15) is 0 Å². The summed E-state index contributed by atoms with van der Waals surface area (Å²) >= 11 is 0. The molecule has 116 valence electrons. The zero-order valence-corrected chi connectivity index (χ0v) is 13.6. The Morgan fingerprint density at radius 3 is 2.71 bits per heavy atom. The van der Waals surface area contributed by atoms with Crippen molar-refractivity contribution in [2.45, 2.75) is 26.3 Å². The molecular formula is C14H22ClN5O. The van der Waals surface area contributed by atoms with Gasteiger partial charge in [0.25, 0.3) is 5.91 Å². The van der Waals surface area contributed by atoms with Crippen LogP contribution in [0, 0.1) is 5.92 Å². The number of benzene rings is 1. The summed E-state index contributed by atoms with van der Waals surface area (Å²) in [6, 6.07) is 5.37. The van der Waals surface area contributed by atoms with Gasteiger partial charge in [0.05, 0.1) is 11.1 Å². The molecule has 21 heavy (non-hydrogen) atoms. The number of nitrogens with one attached hydrogen (secondary N) is 1. The number of aromatic nitrogens is 3. The molecule has 0 spiro atoms. The highest BCUT2D eigenvalue weighted by molar-refractivity contribution is 5.97. The van der Waals surface area contributed by atoms with E-state index < -0.39 is 5.54 Å². The molecule has 7 heteroatoms. The number of rotatable bonds is 4. The third kappa shape index (κ3) is 3.33. The van der Waals surface area contributed by atoms with Gasteiger partial charge in [-0.25, -0.2) is 4.68 Å². The highest BCUT2D eigenvalue weighted by Crippen LogP contribution is 2.17. The maximum atomic E-state index is 12.4. The highest BCUT2D eigenvalue weighted by Gasteiger charge is 2.29. The summed E-state index contributed by atoms with van der Waals surface area (Å²) in [6.45, 7) is 6.43. The van der Waals surface area contributed by atoms with Gasteiger partial charge >= 0.3 is 0 Å². The minimum absolute atomic E-state index is 0. The summed E-state index contributed by atoms with van der Waals surface area (Å²) < 4.78 is 1.68. The topological polar surface area (TPSA) is 85.8 Å². The summed E-state index contributed by atoms with van der Waals surface area (Å²) in [5.41, 5.74) is 7.54. The Kier molecular flexibility index (Phi) is 5.31. The molecule has 6 nitrogen and oxygen atoms in total. The SMILES string of the molecule is CC(C)C(C)(CN)NC(=O)c1ccc2c(c1)nnn2C.Cl. The largest absolute Gasteiger partial charge is 0.345 e. The second-order valence-corrected chi connectivity index (χ2v) is 5.65. The molecular weight excluding hydrogens is 290 g/mol. The van der Waals surface area contributed by atoms with Crippen molar-refractivity contribution in [1.29, 1.82) is 0 Å². The number of nitrogens with two attached hydrogens (primary N) is 1. The van der Waals surface area contributed by atoms with Crippen LogP contribution in [0.1, 0.15) is 31.1 Å². The number of aryl methyl sites for hydroxylation is 1. The summed E-state index contributed by atoms with van der Waals surface area (Å²) in [6.07, 6.45) is 0. The fourth-order valence-corrected chi connectivity index (χ4v) is 1.94. The predicted molar refractivity (Wildman–Crippen MR) is 85.5 cm³/mol. The zero-order chi connectivity index (χ0) is 14.9. The van der Waals surface area contributed by atoms with Gasteiger partial charge < -0.3 is 11.1 Å². The number of hydrogen-bond acceptors (Lipinski definition) is 4. The van der Waals surface area contributed by atoms with E-state index in [1.54, 1.807) is 16.8 Å². The molecule has 0 saturated heterocycles. The molecule has 0 aliphatic carbocycles. The van der Waals surface area contributed by atoms with Crippen molar-refractivity contribution < 1.29 is 4.79 Å². The van der Waals surface area contributed by atoms with Crippen molar-refractivity contribution in [2.75, 3.05) is 6.54 Å². The van der Waals surface area contributed by atoms with Crippen LogP contribution in [0.5, 0.6) is 0 Å². The van der Waals surface area contributed by atoms with Gasteiger partial charge in [0.15, 0.2) is 0 Å². The van der Waals surface area contributed by atoms with Crippen molar-refractivity contribution >= 4 is 29.3 Å². The van der Waals surface area contributed by atoms with Crippen LogP contribution in [0.2, 0.25) is 0 Å². The third-order valence-corrected chi connectivity index (χ3v) is 3.97. The van der Waals surface area contributed by atoms with Crippen molar-refractivity contribution in [3.05, 3.63) is 23.8 Å². The lowest BCUT2D eigenvalue weighted by Crippen LogP contribution is -2.55. The van der Waals surface area contributed by atoms with Crippen LogP contribution in [0.3, 0.4) is 0 Å². The zero-order valence-electron chi connectivity index (χ0n) is 12.8. The van der Waals surface area contributed by atoms with E-state index in [-0.39, 0.29) is 24.2 Å². The van der Waals surface area contributed by atoms with E-state index in [0.717, 1.165) is 5.52 Å². The van der Waals surface area contributed by atoms with E-state index >= 15 is 0 Å². The Morgan fingerprint density at radius 2 is 2.14 bits per heavy atom. The van der Waals surface area contributed by atoms with Crippen LogP contribution < -0.4 is 11.1 Å². The first kappa shape index (κ1) is 17.4. The van der Waals surface area contributed by atoms with Gasteiger partial charge in [-0.15, -0.1) is 17.5 Å². The quantitative estimate of drug-likeness (QED) is 0.896. The molecule has 1 unspecified atom stereocenters. The second kappa shape index (κ2) is 6.41. The lowest BCUT2D eigenvalue weighted by Gasteiger charge is -2.33. The number of carbonyl (C=O) groups excluding carboxylic acids is 1. The Bertz CT molecular complexity index is 639. The lowest BCUT2D eigenvalue weighted by atomic mass is 9.88. The summed E-state index contributed by atoms with van der Waals surface area (Å²) in [5.74, 6) is 0.107. The molecule has 0 fully saturated rings. The standard InChI is InChI=1S/C14H21N5O.ClH/c1-9(2)14(3,8-15)16-13(20)10-5-6-12-11(7-10)17-18-19(12)4;/h5-7,9H,8,15H2,1-4H3,(H,16,20);1H. The van der Waals surface area contributed by atoms with Crippen molar-refractivity contribution in [2.24, 2.45) is 18.7 Å². The highest BCUT2D eigenvalue weighted by atomic mass is 35.5. The molecule has 1 aromatic carbocycles. The summed E-state index contributed by atoms with van der Waals surface area (Å²) in [4.78, 5) is 12.4. The number of carbonyl (C=O) groups is 1. The average molecular weight is 312 g/mol. The van der Waals surface area contributed by atoms with Crippen molar-refractivity contribution in [3.8, 4) is 0 Å². The molecule has 1 aromatic heterocycles. The number of fused-ring (bicyclic) bond motifs is 1. The summed E-state index contributed by atoms with van der Waals surface area (Å²) in [5, 5.41) is 11.0. The fourth-order valence-electron chi connectivity index (χ4n) is 1.94. The molecule has 0 aliphatic rings. The van der Waals surface area contributed by atoms with Crippen LogP contribution in [0.25, 0.3) is 11.0 Å². The molecule has 0 radical (unpaired) electrons. The predicted octanol–water partition coefficient (Wildman–Crippen LogP) is 1.49. The van der Waals surface area contributed by atoms with Gasteiger partial charge in [0.2, 0.25) is 0 Å². The van der Waals surface area contributed by atoms with Gasteiger partial charge in [-0.05, 0) is 31.0 Å².